The molecule has 8 nitrogen and oxygen atoms in total. The van der Waals surface area contributed by atoms with Crippen LogP contribution in [-0.4, -0.2) is 50.4 Å². The molecule has 2 aromatic rings. The van der Waals surface area contributed by atoms with Crippen LogP contribution in [-0.2, 0) is 29.2 Å². The Balaban J connectivity index is 1.41. The number of carbonyl (C=O) groups is 2. The van der Waals surface area contributed by atoms with Crippen molar-refractivity contribution in [1.82, 2.24) is 25.2 Å². The first-order chi connectivity index (χ1) is 14.3. The molecular weight excluding hydrogens is 402 g/mol. The molecule has 0 saturated carbocycles. The molecular formula is C21H29N5O3S. The highest BCUT2D eigenvalue weighted by Crippen LogP contribution is 2.33. The van der Waals surface area contributed by atoms with Gasteiger partial charge in [-0.15, -0.1) is 16.4 Å². The molecule has 162 valence electrons. The van der Waals surface area contributed by atoms with E-state index >= 15 is 0 Å². The Hall–Kier alpha value is -2.26. The lowest BCUT2D eigenvalue weighted by Crippen LogP contribution is -2.55. The van der Waals surface area contributed by atoms with E-state index in [1.165, 1.54) is 11.3 Å². The van der Waals surface area contributed by atoms with E-state index in [1.807, 2.05) is 42.5 Å². The first kappa shape index (κ1) is 21.0. The molecule has 1 N–H and O–H groups in total. The van der Waals surface area contributed by atoms with Crippen LogP contribution >= 0.6 is 11.3 Å². The average molecular weight is 432 g/mol. The lowest BCUT2D eigenvalue weighted by molar-refractivity contribution is -0.123. The van der Waals surface area contributed by atoms with Crippen molar-refractivity contribution in [2.45, 2.75) is 65.3 Å². The molecule has 9 heteroatoms. The first-order valence-corrected chi connectivity index (χ1v) is 11.3. The predicted molar refractivity (Wildman–Crippen MR) is 113 cm³/mol. The van der Waals surface area contributed by atoms with Crippen LogP contribution in [0.4, 0.5) is 0 Å². The van der Waals surface area contributed by atoms with E-state index < -0.39 is 5.60 Å². The number of piperidine rings is 1. The minimum Gasteiger partial charge on any atom is -0.365 e. The van der Waals surface area contributed by atoms with Gasteiger partial charge in [0.05, 0.1) is 36.8 Å². The molecule has 2 amide bonds. The topological polar surface area (TPSA) is 89.4 Å². The summed E-state index contributed by atoms with van der Waals surface area (Å²) in [6, 6.07) is 3.89. The van der Waals surface area contributed by atoms with Crippen molar-refractivity contribution < 1.29 is 14.3 Å². The zero-order valence-corrected chi connectivity index (χ0v) is 18.6. The summed E-state index contributed by atoms with van der Waals surface area (Å²) in [5.41, 5.74) is 1.22. The maximum Gasteiger partial charge on any atom is 0.264 e. The number of ether oxygens (including phenoxy) is 1. The zero-order chi connectivity index (χ0) is 21.3. The summed E-state index contributed by atoms with van der Waals surface area (Å²) in [5, 5.41) is 11.5. The fourth-order valence-corrected chi connectivity index (χ4v) is 5.02. The van der Waals surface area contributed by atoms with Crippen molar-refractivity contribution in [2.24, 2.45) is 5.92 Å². The van der Waals surface area contributed by atoms with Gasteiger partial charge in [0.25, 0.3) is 5.91 Å². The molecule has 4 rings (SSSR count). The molecule has 0 bridgehead atoms. The minimum atomic E-state index is -0.431. The van der Waals surface area contributed by atoms with Gasteiger partial charge in [-0.1, -0.05) is 19.1 Å². The number of thiophene rings is 1. The van der Waals surface area contributed by atoms with E-state index in [1.54, 1.807) is 0 Å². The summed E-state index contributed by atoms with van der Waals surface area (Å²) in [5.74, 6) is 0.413. The number of likely N-dealkylation sites (tertiary alicyclic amines) is 1. The second-order valence-electron chi connectivity index (χ2n) is 8.73. The third-order valence-electron chi connectivity index (χ3n) is 5.70. The van der Waals surface area contributed by atoms with Crippen molar-refractivity contribution in [3.63, 3.8) is 0 Å². The molecule has 1 saturated heterocycles. The zero-order valence-electron chi connectivity index (χ0n) is 17.8. The van der Waals surface area contributed by atoms with E-state index in [-0.39, 0.29) is 11.8 Å². The van der Waals surface area contributed by atoms with Crippen LogP contribution in [0.2, 0.25) is 0 Å². The third-order valence-corrected chi connectivity index (χ3v) is 6.68. The number of aromatic nitrogens is 3. The van der Waals surface area contributed by atoms with E-state index in [2.05, 4.69) is 15.6 Å². The van der Waals surface area contributed by atoms with Crippen LogP contribution in [0.1, 0.15) is 59.0 Å². The molecule has 2 aliphatic heterocycles. The summed E-state index contributed by atoms with van der Waals surface area (Å²) in [4.78, 5) is 28.7. The number of hydrogen-bond donors (Lipinski definition) is 1. The van der Waals surface area contributed by atoms with Crippen molar-refractivity contribution in [1.29, 1.82) is 0 Å². The third kappa shape index (κ3) is 4.41. The van der Waals surface area contributed by atoms with Gasteiger partial charge >= 0.3 is 0 Å². The van der Waals surface area contributed by atoms with E-state index in [0.29, 0.717) is 38.6 Å². The van der Waals surface area contributed by atoms with Gasteiger partial charge in [-0.25, -0.2) is 4.68 Å². The quantitative estimate of drug-likeness (QED) is 0.786. The normalized spacial score (nSPS) is 21.1. The Morgan fingerprint density at radius 2 is 2.17 bits per heavy atom. The highest BCUT2D eigenvalue weighted by Gasteiger charge is 2.42. The Morgan fingerprint density at radius 1 is 1.33 bits per heavy atom. The van der Waals surface area contributed by atoms with Crippen LogP contribution < -0.4 is 5.32 Å². The smallest absolute Gasteiger partial charge is 0.264 e. The molecule has 0 aliphatic carbocycles. The van der Waals surface area contributed by atoms with Crippen LogP contribution in [0.25, 0.3) is 0 Å². The Morgan fingerprint density at radius 3 is 2.90 bits per heavy atom. The van der Waals surface area contributed by atoms with Gasteiger partial charge in [-0.05, 0) is 37.8 Å². The number of nitrogens with one attached hydrogen (secondary N) is 1. The number of rotatable bonds is 5. The van der Waals surface area contributed by atoms with E-state index in [4.69, 9.17) is 4.74 Å². The van der Waals surface area contributed by atoms with Crippen LogP contribution in [0.3, 0.4) is 0 Å². The summed E-state index contributed by atoms with van der Waals surface area (Å²) in [7, 11) is 0. The number of fused-ring (bicyclic) bond motifs is 1. The Labute approximate surface area is 180 Å². The second kappa shape index (κ2) is 8.47. The fraction of sp³-hybridized carbons (Fsp3) is 0.619. The van der Waals surface area contributed by atoms with E-state index in [0.717, 1.165) is 40.5 Å². The molecule has 1 unspecified atom stereocenters. The molecule has 4 heterocycles. The number of hydrogen-bond acceptors (Lipinski definition) is 6. The largest absolute Gasteiger partial charge is 0.365 e. The van der Waals surface area contributed by atoms with Gasteiger partial charge < -0.3 is 15.0 Å². The van der Waals surface area contributed by atoms with Crippen molar-refractivity contribution in [3.05, 3.63) is 33.3 Å². The number of carbonyl (C=O) groups excluding carboxylic acids is 2. The van der Waals surface area contributed by atoms with Crippen molar-refractivity contribution in [3.8, 4) is 0 Å². The number of amides is 2. The number of aryl methyl sites for hydroxylation is 1. The van der Waals surface area contributed by atoms with Crippen molar-refractivity contribution >= 4 is 23.2 Å². The highest BCUT2D eigenvalue weighted by molar-refractivity contribution is 7.13. The predicted octanol–water partition coefficient (Wildman–Crippen LogP) is 2.52. The van der Waals surface area contributed by atoms with Gasteiger partial charge in [0, 0.05) is 17.8 Å². The maximum absolute atomic E-state index is 12.9. The Bertz CT molecular complexity index is 937. The molecule has 1 fully saturated rings. The second-order valence-corrected chi connectivity index (χ2v) is 10.0. The summed E-state index contributed by atoms with van der Waals surface area (Å²) in [6.07, 6.45) is 2.29. The molecule has 2 aliphatic rings. The highest BCUT2D eigenvalue weighted by atomic mass is 32.1. The van der Waals surface area contributed by atoms with Gasteiger partial charge in [0.2, 0.25) is 5.91 Å². The first-order valence-electron chi connectivity index (χ1n) is 10.5. The molecule has 0 radical (unpaired) electrons. The molecule has 1 spiro atoms. The molecule has 2 aromatic heterocycles. The van der Waals surface area contributed by atoms with Crippen molar-refractivity contribution in [2.75, 3.05) is 13.1 Å². The van der Waals surface area contributed by atoms with Crippen LogP contribution in [0.15, 0.2) is 12.1 Å². The molecule has 0 aromatic carbocycles. The lowest BCUT2D eigenvalue weighted by Gasteiger charge is -2.44. The molecule has 1 atom stereocenters. The van der Waals surface area contributed by atoms with Gasteiger partial charge in [-0.3, -0.25) is 9.59 Å². The van der Waals surface area contributed by atoms with Gasteiger partial charge in [-0.2, -0.15) is 0 Å². The van der Waals surface area contributed by atoms with E-state index in [9.17, 15) is 9.59 Å². The summed E-state index contributed by atoms with van der Waals surface area (Å²) in [6.45, 7) is 8.68. The lowest BCUT2D eigenvalue weighted by atomic mass is 9.91. The standard InChI is InChI=1S/C21H29N5O3S/c1-14(2)9-19(27)22-10-16-17-11-29-21(13-26(17)24-23-16)7-4-8-25(12-21)20(28)18-6-5-15(3)30-18/h5-6,14H,4,7-13H2,1-3H3,(H,22,27). The minimum absolute atomic E-state index is 0.0187. The van der Waals surface area contributed by atoms with Gasteiger partial charge in [0.15, 0.2) is 0 Å². The summed E-state index contributed by atoms with van der Waals surface area (Å²) < 4.78 is 8.21. The van der Waals surface area contributed by atoms with Crippen LogP contribution in [0.5, 0.6) is 0 Å². The van der Waals surface area contributed by atoms with Gasteiger partial charge in [0.1, 0.15) is 11.3 Å². The average Bonchev–Trinajstić information content (AvgIpc) is 3.31. The maximum atomic E-state index is 12.9. The summed E-state index contributed by atoms with van der Waals surface area (Å²) >= 11 is 1.53. The monoisotopic (exact) mass is 431 g/mol. The molecule has 30 heavy (non-hydrogen) atoms. The number of nitrogens with zero attached hydrogens (tertiary/aromatic N) is 4. The van der Waals surface area contributed by atoms with Crippen LogP contribution in [0, 0.1) is 12.8 Å². The Kier molecular flexibility index (Phi) is 5.92. The fourth-order valence-electron chi connectivity index (χ4n) is 4.18. The SMILES string of the molecule is Cc1ccc(C(=O)N2CCCC3(C2)Cn2nnc(CNC(=O)CC(C)C)c2CO3)s1.